The minimum atomic E-state index is -0.00463. The lowest BCUT2D eigenvalue weighted by molar-refractivity contribution is -0.112. The molecule has 0 aromatic heterocycles. The number of nitrogens with zero attached hydrogens (tertiary/aromatic N) is 3. The highest BCUT2D eigenvalue weighted by atomic mass is 16.1. The minimum absolute atomic E-state index is 0.00463. The summed E-state index contributed by atoms with van der Waals surface area (Å²) in [4.78, 5) is 10.4. The zero-order valence-corrected chi connectivity index (χ0v) is 4.24. The van der Waals surface area contributed by atoms with Crippen molar-refractivity contribution in [2.24, 2.45) is 15.4 Å². The Bertz CT molecular complexity index is 149. The molecule has 0 N–H and O–H groups in total. The van der Waals surface area contributed by atoms with Crippen molar-refractivity contribution in [2.75, 3.05) is 6.54 Å². The Hall–Kier alpha value is -1.06. The third-order valence-electron chi connectivity index (χ3n) is 0.775. The lowest BCUT2D eigenvalue weighted by atomic mass is 10.3. The highest BCUT2D eigenvalue weighted by Gasteiger charge is 1.97. The van der Waals surface area contributed by atoms with E-state index in [1.165, 1.54) is 6.21 Å². The summed E-state index contributed by atoms with van der Waals surface area (Å²) in [6.07, 6.45) is 1.63. The number of hydrogen-bond donors (Lipinski definition) is 0. The van der Waals surface area contributed by atoms with Crippen molar-refractivity contribution in [3.63, 3.8) is 0 Å². The Balaban J connectivity index is 2.58. The van der Waals surface area contributed by atoms with E-state index in [1.807, 2.05) is 0 Å². The van der Waals surface area contributed by atoms with Crippen LogP contribution in [0, 0.1) is 0 Å². The number of carbonyl (C=O) groups is 1. The molecule has 4 heteroatoms. The summed E-state index contributed by atoms with van der Waals surface area (Å²) in [7, 11) is 0. The fourth-order valence-electron chi connectivity index (χ4n) is 0.396. The summed E-state index contributed by atoms with van der Waals surface area (Å²) >= 11 is 0. The van der Waals surface area contributed by atoms with E-state index < -0.39 is 0 Å². The number of carbonyl (C=O) groups excluding carboxylic acids is 1. The van der Waals surface area contributed by atoms with Gasteiger partial charge in [0, 0.05) is 6.42 Å². The number of rotatable bonds is 0. The van der Waals surface area contributed by atoms with Crippen molar-refractivity contribution < 1.29 is 4.79 Å². The van der Waals surface area contributed by atoms with Crippen molar-refractivity contribution in [3.05, 3.63) is 0 Å². The van der Waals surface area contributed by atoms with Gasteiger partial charge in [0.25, 0.3) is 0 Å². The molecule has 0 radical (unpaired) electrons. The van der Waals surface area contributed by atoms with E-state index >= 15 is 0 Å². The van der Waals surface area contributed by atoms with Gasteiger partial charge in [0.1, 0.15) is 0 Å². The van der Waals surface area contributed by atoms with Gasteiger partial charge < -0.3 is 0 Å². The van der Waals surface area contributed by atoms with E-state index in [0.717, 1.165) is 0 Å². The molecule has 0 atom stereocenters. The van der Waals surface area contributed by atoms with E-state index in [-0.39, 0.29) is 5.78 Å². The average Bonchev–Trinajstić information content (AvgIpc) is 1.94. The second-order valence-corrected chi connectivity index (χ2v) is 1.42. The molecular formula is C4H5N3O. The van der Waals surface area contributed by atoms with E-state index in [0.29, 0.717) is 13.0 Å². The van der Waals surface area contributed by atoms with Gasteiger partial charge in [-0.1, -0.05) is 0 Å². The Morgan fingerprint density at radius 3 is 3.38 bits per heavy atom. The maximum Gasteiger partial charge on any atom is 0.177 e. The SMILES string of the molecule is O=C1C=NN=NCC1. The predicted octanol–water partition coefficient (Wildman–Crippen LogP) is 0.397. The molecule has 0 saturated heterocycles. The van der Waals surface area contributed by atoms with Crippen LogP contribution in [0.2, 0.25) is 0 Å². The number of Topliss-reactive ketones (excluding diaryl/α,β-unsaturated/α-hetero) is 1. The Morgan fingerprint density at radius 2 is 2.50 bits per heavy atom. The fraction of sp³-hybridized carbons (Fsp3) is 0.500. The van der Waals surface area contributed by atoms with E-state index in [9.17, 15) is 4.79 Å². The van der Waals surface area contributed by atoms with E-state index in [2.05, 4.69) is 15.4 Å². The topological polar surface area (TPSA) is 54.1 Å². The molecule has 0 unspecified atom stereocenters. The summed E-state index contributed by atoms with van der Waals surface area (Å²) in [5.41, 5.74) is 0. The van der Waals surface area contributed by atoms with Gasteiger partial charge in [0.2, 0.25) is 0 Å². The fourth-order valence-corrected chi connectivity index (χ4v) is 0.396. The van der Waals surface area contributed by atoms with Crippen molar-refractivity contribution in [1.82, 2.24) is 0 Å². The van der Waals surface area contributed by atoms with Crippen LogP contribution >= 0.6 is 0 Å². The van der Waals surface area contributed by atoms with Crippen LogP contribution in [0.3, 0.4) is 0 Å². The van der Waals surface area contributed by atoms with Crippen LogP contribution in [-0.2, 0) is 4.79 Å². The van der Waals surface area contributed by atoms with Gasteiger partial charge in [-0.25, -0.2) is 0 Å². The molecule has 42 valence electrons. The van der Waals surface area contributed by atoms with Crippen molar-refractivity contribution >= 4 is 12.0 Å². The molecule has 0 aromatic carbocycles. The summed E-state index contributed by atoms with van der Waals surface area (Å²) in [6, 6.07) is 0. The largest absolute Gasteiger partial charge is 0.293 e. The molecule has 0 saturated carbocycles. The molecule has 0 fully saturated rings. The monoisotopic (exact) mass is 111 g/mol. The van der Waals surface area contributed by atoms with Gasteiger partial charge in [-0.15, -0.1) is 5.10 Å². The third-order valence-corrected chi connectivity index (χ3v) is 0.775. The van der Waals surface area contributed by atoms with Crippen LogP contribution in [0.4, 0.5) is 0 Å². The summed E-state index contributed by atoms with van der Waals surface area (Å²) in [5, 5.41) is 10.2. The maximum atomic E-state index is 10.4. The molecule has 0 aromatic rings. The highest BCUT2D eigenvalue weighted by Crippen LogP contribution is 1.89. The van der Waals surface area contributed by atoms with Gasteiger partial charge in [0.15, 0.2) is 5.78 Å². The number of hydrogen-bond acceptors (Lipinski definition) is 4. The second-order valence-electron chi connectivity index (χ2n) is 1.42. The van der Waals surface area contributed by atoms with E-state index in [4.69, 9.17) is 0 Å². The lowest BCUT2D eigenvalue weighted by Gasteiger charge is -1.79. The Morgan fingerprint density at radius 1 is 1.62 bits per heavy atom. The molecule has 0 spiro atoms. The molecule has 8 heavy (non-hydrogen) atoms. The molecule has 1 rings (SSSR count). The Kier molecular flexibility index (Phi) is 1.46. The molecule has 0 amide bonds. The zero-order chi connectivity index (χ0) is 5.82. The predicted molar refractivity (Wildman–Crippen MR) is 27.8 cm³/mol. The zero-order valence-electron chi connectivity index (χ0n) is 4.24. The summed E-state index contributed by atoms with van der Waals surface area (Å²) < 4.78 is 0. The van der Waals surface area contributed by atoms with Crippen molar-refractivity contribution in [3.8, 4) is 0 Å². The van der Waals surface area contributed by atoms with Crippen LogP contribution in [0.25, 0.3) is 0 Å². The molecule has 4 nitrogen and oxygen atoms in total. The maximum absolute atomic E-state index is 10.4. The van der Waals surface area contributed by atoms with Gasteiger partial charge >= 0.3 is 0 Å². The normalized spacial score (nSPS) is 18.8. The van der Waals surface area contributed by atoms with E-state index in [1.54, 1.807) is 0 Å². The first kappa shape index (κ1) is 5.08. The molecule has 1 aliphatic rings. The van der Waals surface area contributed by atoms with Crippen molar-refractivity contribution in [1.29, 1.82) is 0 Å². The molecule has 1 aliphatic heterocycles. The molecule has 1 heterocycles. The first-order chi connectivity index (χ1) is 3.89. The molecule has 0 bridgehead atoms. The van der Waals surface area contributed by atoms with Gasteiger partial charge in [-0.05, 0) is 5.22 Å². The van der Waals surface area contributed by atoms with Crippen molar-refractivity contribution in [2.45, 2.75) is 6.42 Å². The standard InChI is InChI=1S/C4H5N3O/c8-4-1-2-5-7-6-3-4/h3H,1-2H2. The molecular weight excluding hydrogens is 106 g/mol. The quantitative estimate of drug-likeness (QED) is 0.446. The lowest BCUT2D eigenvalue weighted by Crippen LogP contribution is -1.97. The smallest absolute Gasteiger partial charge is 0.177 e. The van der Waals surface area contributed by atoms with Crippen LogP contribution in [0.5, 0.6) is 0 Å². The first-order valence-electron chi connectivity index (χ1n) is 2.32. The summed E-state index contributed by atoms with van der Waals surface area (Å²) in [6.45, 7) is 0.471. The average molecular weight is 111 g/mol. The minimum Gasteiger partial charge on any atom is -0.293 e. The first-order valence-corrected chi connectivity index (χ1v) is 2.32. The van der Waals surface area contributed by atoms with Gasteiger partial charge in [0.05, 0.1) is 12.8 Å². The second kappa shape index (κ2) is 2.30. The van der Waals surface area contributed by atoms with Crippen LogP contribution in [-0.4, -0.2) is 18.5 Å². The van der Waals surface area contributed by atoms with Gasteiger partial charge in [-0.3, -0.25) is 4.79 Å². The number of ketones is 1. The van der Waals surface area contributed by atoms with Crippen LogP contribution < -0.4 is 0 Å². The van der Waals surface area contributed by atoms with Crippen LogP contribution in [0.15, 0.2) is 15.4 Å². The Labute approximate surface area is 46.3 Å². The van der Waals surface area contributed by atoms with Crippen LogP contribution in [0.1, 0.15) is 6.42 Å². The summed E-state index contributed by atoms with van der Waals surface area (Å²) in [5.74, 6) is -0.00463. The highest BCUT2D eigenvalue weighted by molar-refractivity contribution is 6.27. The third kappa shape index (κ3) is 1.22. The molecule has 0 aliphatic carbocycles. The van der Waals surface area contributed by atoms with Gasteiger partial charge in [-0.2, -0.15) is 5.11 Å².